The first-order valence-corrected chi connectivity index (χ1v) is 6.36. The largest absolute Gasteiger partial charge is 0.337 e. The van der Waals surface area contributed by atoms with Crippen LogP contribution >= 0.6 is 23.3 Å². The van der Waals surface area contributed by atoms with Gasteiger partial charge in [0, 0.05) is 6.20 Å². The maximum Gasteiger partial charge on any atom is 0.239 e. The average Bonchev–Trinajstić information content (AvgIpc) is 2.91. The molecule has 1 aromatic carbocycles. The lowest BCUT2D eigenvalue weighted by Crippen LogP contribution is -2.10. The zero-order valence-corrected chi connectivity index (χ0v) is 11.0. The van der Waals surface area contributed by atoms with Gasteiger partial charge in [0.25, 0.3) is 0 Å². The first-order valence-electron chi connectivity index (χ1n) is 5.25. The summed E-state index contributed by atoms with van der Waals surface area (Å²) in [6, 6.07) is 5.28. The molecule has 3 aromatic rings. The van der Waals surface area contributed by atoms with Gasteiger partial charge in [-0.3, -0.25) is 5.43 Å². The molecule has 0 aliphatic carbocycles. The van der Waals surface area contributed by atoms with Crippen LogP contribution in [0.4, 0.5) is 17.5 Å². The first-order chi connectivity index (χ1) is 9.28. The molecule has 9 heteroatoms. The highest BCUT2D eigenvalue weighted by Crippen LogP contribution is 2.31. The van der Waals surface area contributed by atoms with Gasteiger partial charge in [-0.2, -0.15) is 13.7 Å². The topological polar surface area (TPSA) is 102 Å². The Morgan fingerprint density at radius 1 is 1.21 bits per heavy atom. The van der Waals surface area contributed by atoms with Gasteiger partial charge in [0.2, 0.25) is 5.95 Å². The Balaban J connectivity index is 2.04. The maximum absolute atomic E-state index is 6.17. The zero-order valence-electron chi connectivity index (χ0n) is 9.46. The molecule has 0 amide bonds. The maximum atomic E-state index is 6.17. The minimum Gasteiger partial charge on any atom is -0.337 e. The number of nitrogens with two attached hydrogens (primary N) is 1. The van der Waals surface area contributed by atoms with E-state index in [9.17, 15) is 0 Å². The SMILES string of the molecule is NNc1nccc(Nc2c(Cl)ccc3nsnc23)n1. The van der Waals surface area contributed by atoms with E-state index in [1.807, 2.05) is 6.07 Å². The molecule has 0 unspecified atom stereocenters. The van der Waals surface area contributed by atoms with Crippen molar-refractivity contribution in [2.45, 2.75) is 0 Å². The monoisotopic (exact) mass is 293 g/mol. The van der Waals surface area contributed by atoms with Gasteiger partial charge in [-0.05, 0) is 18.2 Å². The van der Waals surface area contributed by atoms with E-state index in [1.54, 1.807) is 18.3 Å². The van der Waals surface area contributed by atoms with Crippen molar-refractivity contribution in [2.75, 3.05) is 10.7 Å². The van der Waals surface area contributed by atoms with Crippen molar-refractivity contribution in [1.82, 2.24) is 18.7 Å². The molecule has 0 aliphatic rings. The Bertz CT molecular complexity index is 729. The third-order valence-corrected chi connectivity index (χ3v) is 3.27. The number of nitrogens with zero attached hydrogens (tertiary/aromatic N) is 4. The number of fused-ring (bicyclic) bond motifs is 1. The predicted octanol–water partition coefficient (Wildman–Crippen LogP) is 2.16. The second kappa shape index (κ2) is 4.92. The van der Waals surface area contributed by atoms with E-state index in [0.29, 0.717) is 28.0 Å². The minimum absolute atomic E-state index is 0.310. The van der Waals surface area contributed by atoms with Crippen LogP contribution in [0.2, 0.25) is 5.02 Å². The van der Waals surface area contributed by atoms with Gasteiger partial charge in [0.1, 0.15) is 16.9 Å². The number of aromatic nitrogens is 4. The molecule has 0 saturated carbocycles. The fourth-order valence-corrected chi connectivity index (χ4v) is 2.31. The highest BCUT2D eigenvalue weighted by Gasteiger charge is 2.10. The van der Waals surface area contributed by atoms with E-state index in [2.05, 4.69) is 29.5 Å². The summed E-state index contributed by atoms with van der Waals surface area (Å²) in [5.41, 5.74) is 4.53. The molecule has 0 spiro atoms. The van der Waals surface area contributed by atoms with Crippen LogP contribution in [0.1, 0.15) is 0 Å². The quantitative estimate of drug-likeness (QED) is 0.502. The number of hydrogen-bond donors (Lipinski definition) is 3. The average molecular weight is 294 g/mol. The van der Waals surface area contributed by atoms with Gasteiger partial charge in [-0.25, -0.2) is 10.8 Å². The van der Waals surface area contributed by atoms with Gasteiger partial charge in [-0.15, -0.1) is 0 Å². The number of nitrogens with one attached hydrogen (secondary N) is 2. The van der Waals surface area contributed by atoms with Crippen molar-refractivity contribution in [3.05, 3.63) is 29.4 Å². The van der Waals surface area contributed by atoms with E-state index in [4.69, 9.17) is 17.4 Å². The van der Waals surface area contributed by atoms with Gasteiger partial charge in [-0.1, -0.05) is 11.6 Å². The summed E-state index contributed by atoms with van der Waals surface area (Å²) in [7, 11) is 0. The molecule has 4 N–H and O–H groups in total. The van der Waals surface area contributed by atoms with E-state index < -0.39 is 0 Å². The number of rotatable bonds is 3. The molecule has 96 valence electrons. The van der Waals surface area contributed by atoms with Crippen molar-refractivity contribution in [3.63, 3.8) is 0 Å². The van der Waals surface area contributed by atoms with Crippen LogP contribution < -0.4 is 16.6 Å². The van der Waals surface area contributed by atoms with Gasteiger partial charge >= 0.3 is 0 Å². The van der Waals surface area contributed by atoms with Gasteiger partial charge in [0.05, 0.1) is 22.4 Å². The summed E-state index contributed by atoms with van der Waals surface area (Å²) in [6.45, 7) is 0. The molecule has 0 aliphatic heterocycles. The van der Waals surface area contributed by atoms with E-state index in [0.717, 1.165) is 17.2 Å². The Kier molecular flexibility index (Phi) is 3.11. The standard InChI is InChI=1S/C10H8ClN7S/c11-5-1-2-6-9(18-19-17-6)8(5)14-7-3-4-13-10(15-7)16-12/h1-4H,12H2,(H2,13,14,15,16). The summed E-state index contributed by atoms with van der Waals surface area (Å²) in [5.74, 6) is 6.14. The van der Waals surface area contributed by atoms with E-state index >= 15 is 0 Å². The number of nitrogen functional groups attached to an aromatic ring is 1. The number of benzene rings is 1. The summed E-state index contributed by atoms with van der Waals surface area (Å²) < 4.78 is 8.38. The van der Waals surface area contributed by atoms with Crippen LogP contribution in [0.25, 0.3) is 11.0 Å². The number of anilines is 3. The third-order valence-electron chi connectivity index (χ3n) is 2.41. The van der Waals surface area contributed by atoms with Crippen LogP contribution in [0, 0.1) is 0 Å². The molecule has 0 radical (unpaired) electrons. The second-order valence-electron chi connectivity index (χ2n) is 3.59. The Hall–Kier alpha value is -2.03. The lowest BCUT2D eigenvalue weighted by atomic mass is 10.2. The molecule has 0 fully saturated rings. The highest BCUT2D eigenvalue weighted by molar-refractivity contribution is 7.00. The van der Waals surface area contributed by atoms with E-state index in [1.165, 1.54) is 0 Å². The first kappa shape index (κ1) is 12.0. The molecule has 0 atom stereocenters. The zero-order chi connectivity index (χ0) is 13.2. The molecule has 2 heterocycles. The number of hydrogen-bond acceptors (Lipinski definition) is 8. The molecule has 0 bridgehead atoms. The van der Waals surface area contributed by atoms with Crippen molar-refractivity contribution >= 4 is 51.8 Å². The van der Waals surface area contributed by atoms with Crippen molar-refractivity contribution in [2.24, 2.45) is 5.84 Å². The minimum atomic E-state index is 0.310. The molecular formula is C10H8ClN7S. The summed E-state index contributed by atoms with van der Waals surface area (Å²) >= 11 is 7.30. The highest BCUT2D eigenvalue weighted by atomic mass is 35.5. The van der Waals surface area contributed by atoms with Crippen LogP contribution in [0.15, 0.2) is 24.4 Å². The van der Waals surface area contributed by atoms with Gasteiger partial charge < -0.3 is 5.32 Å². The van der Waals surface area contributed by atoms with Crippen LogP contribution in [0.3, 0.4) is 0 Å². The smallest absolute Gasteiger partial charge is 0.239 e. The Labute approximate surface area is 117 Å². The van der Waals surface area contributed by atoms with Crippen LogP contribution in [0.5, 0.6) is 0 Å². The lowest BCUT2D eigenvalue weighted by molar-refractivity contribution is 1.12. The molecule has 19 heavy (non-hydrogen) atoms. The Morgan fingerprint density at radius 2 is 2.11 bits per heavy atom. The fourth-order valence-electron chi connectivity index (χ4n) is 1.57. The lowest BCUT2D eigenvalue weighted by Gasteiger charge is -2.08. The van der Waals surface area contributed by atoms with Gasteiger partial charge in [0.15, 0.2) is 0 Å². The normalized spacial score (nSPS) is 10.6. The number of hydrazine groups is 1. The fraction of sp³-hybridized carbons (Fsp3) is 0. The van der Waals surface area contributed by atoms with Crippen molar-refractivity contribution < 1.29 is 0 Å². The molecule has 3 rings (SSSR count). The second-order valence-corrected chi connectivity index (χ2v) is 4.52. The summed E-state index contributed by atoms with van der Waals surface area (Å²) in [6.07, 6.45) is 1.58. The van der Waals surface area contributed by atoms with E-state index in [-0.39, 0.29) is 0 Å². The summed E-state index contributed by atoms with van der Waals surface area (Å²) in [5, 5.41) is 3.64. The summed E-state index contributed by atoms with van der Waals surface area (Å²) in [4.78, 5) is 8.09. The van der Waals surface area contributed by atoms with Crippen LogP contribution in [-0.4, -0.2) is 18.7 Å². The molecule has 0 saturated heterocycles. The molecule has 2 aromatic heterocycles. The molecular weight excluding hydrogens is 286 g/mol. The van der Waals surface area contributed by atoms with Crippen molar-refractivity contribution in [3.8, 4) is 0 Å². The van der Waals surface area contributed by atoms with Crippen molar-refractivity contribution in [1.29, 1.82) is 0 Å². The number of halogens is 1. The molecule has 7 nitrogen and oxygen atoms in total. The Morgan fingerprint density at radius 3 is 2.95 bits per heavy atom. The van der Waals surface area contributed by atoms with Crippen LogP contribution in [-0.2, 0) is 0 Å². The predicted molar refractivity (Wildman–Crippen MR) is 75.5 cm³/mol. The third kappa shape index (κ3) is 2.28.